The van der Waals surface area contributed by atoms with E-state index in [1.54, 1.807) is 0 Å². The molecule has 0 fully saturated rings. The van der Waals surface area contributed by atoms with E-state index < -0.39 is 10.0 Å². The first-order valence-electron chi connectivity index (χ1n) is 6.51. The molecule has 0 radical (unpaired) electrons. The number of halogens is 1. The van der Waals surface area contributed by atoms with Crippen molar-refractivity contribution in [2.45, 2.75) is 30.7 Å². The number of aromatic nitrogens is 2. The van der Waals surface area contributed by atoms with Gasteiger partial charge in [0.25, 0.3) is 0 Å². The minimum Gasteiger partial charge on any atom is -0.225 e. The number of hydrogen-bond donors (Lipinski definition) is 1. The lowest BCUT2D eigenvalue weighted by Gasteiger charge is -2.14. The van der Waals surface area contributed by atoms with Crippen molar-refractivity contribution in [3.63, 3.8) is 0 Å². The molecule has 0 aliphatic rings. The van der Waals surface area contributed by atoms with Gasteiger partial charge in [0.2, 0.25) is 15.3 Å². The fraction of sp³-hybridized carbons (Fsp3) is 0.286. The van der Waals surface area contributed by atoms with Crippen LogP contribution in [0.2, 0.25) is 5.28 Å². The van der Waals surface area contributed by atoms with Crippen molar-refractivity contribution in [2.24, 2.45) is 0 Å². The molecule has 2 aromatic rings. The molecule has 2 rings (SSSR count). The molecule has 0 aliphatic carbocycles. The number of sulfonamides is 1. The highest BCUT2D eigenvalue weighted by Crippen LogP contribution is 2.10. The molecule has 21 heavy (non-hydrogen) atoms. The molecule has 0 spiro atoms. The van der Waals surface area contributed by atoms with Crippen LogP contribution in [0.25, 0.3) is 0 Å². The third-order valence-electron chi connectivity index (χ3n) is 2.97. The Labute approximate surface area is 129 Å². The number of nitrogens with zero attached hydrogens (tertiary/aromatic N) is 2. The van der Waals surface area contributed by atoms with Gasteiger partial charge in [-0.1, -0.05) is 30.3 Å². The molecule has 1 atom stereocenters. The van der Waals surface area contributed by atoms with Crippen LogP contribution in [0.4, 0.5) is 0 Å². The topological polar surface area (TPSA) is 72.0 Å². The van der Waals surface area contributed by atoms with Crippen molar-refractivity contribution in [2.75, 3.05) is 0 Å². The number of rotatable bonds is 6. The molecule has 1 N–H and O–H groups in total. The van der Waals surface area contributed by atoms with E-state index >= 15 is 0 Å². The van der Waals surface area contributed by atoms with E-state index in [0.717, 1.165) is 6.42 Å². The van der Waals surface area contributed by atoms with Gasteiger partial charge >= 0.3 is 0 Å². The van der Waals surface area contributed by atoms with Gasteiger partial charge in [-0.25, -0.2) is 23.1 Å². The fourth-order valence-corrected chi connectivity index (χ4v) is 3.12. The maximum absolute atomic E-state index is 12.1. The molecule has 1 aromatic heterocycles. The molecule has 7 heteroatoms. The number of hydrogen-bond acceptors (Lipinski definition) is 4. The summed E-state index contributed by atoms with van der Waals surface area (Å²) in [5.41, 5.74) is 1.18. The lowest BCUT2D eigenvalue weighted by Crippen LogP contribution is -2.33. The summed E-state index contributed by atoms with van der Waals surface area (Å²) in [6.45, 7) is 1.83. The van der Waals surface area contributed by atoms with Crippen LogP contribution < -0.4 is 4.72 Å². The Kier molecular flexibility index (Phi) is 5.27. The minimum atomic E-state index is -3.61. The SMILES string of the molecule is CC(CCc1ccccc1)NS(=O)(=O)c1cnc(Cl)nc1. The largest absolute Gasteiger partial charge is 0.243 e. The normalized spacial score (nSPS) is 13.0. The smallest absolute Gasteiger partial charge is 0.225 e. The summed E-state index contributed by atoms with van der Waals surface area (Å²) in [6, 6.07) is 9.74. The monoisotopic (exact) mass is 325 g/mol. The Morgan fingerprint density at radius 2 is 1.81 bits per heavy atom. The van der Waals surface area contributed by atoms with E-state index in [0.29, 0.717) is 6.42 Å². The van der Waals surface area contributed by atoms with Crippen LogP contribution in [0.1, 0.15) is 18.9 Å². The summed E-state index contributed by atoms with van der Waals surface area (Å²) < 4.78 is 26.9. The van der Waals surface area contributed by atoms with Gasteiger partial charge < -0.3 is 0 Å². The summed E-state index contributed by atoms with van der Waals surface area (Å²) in [5.74, 6) is 0. The highest BCUT2D eigenvalue weighted by molar-refractivity contribution is 7.89. The highest BCUT2D eigenvalue weighted by Gasteiger charge is 2.18. The van der Waals surface area contributed by atoms with E-state index in [-0.39, 0.29) is 16.2 Å². The predicted molar refractivity (Wildman–Crippen MR) is 81.6 cm³/mol. The lowest BCUT2D eigenvalue weighted by atomic mass is 10.1. The van der Waals surface area contributed by atoms with Gasteiger partial charge in [0, 0.05) is 6.04 Å². The van der Waals surface area contributed by atoms with Crippen molar-refractivity contribution in [1.82, 2.24) is 14.7 Å². The van der Waals surface area contributed by atoms with Crippen LogP contribution in [0.3, 0.4) is 0 Å². The molecule has 1 heterocycles. The van der Waals surface area contributed by atoms with E-state index in [2.05, 4.69) is 14.7 Å². The molecular formula is C14H16ClN3O2S. The second-order valence-corrected chi connectivity index (χ2v) is 6.79. The molecule has 112 valence electrons. The van der Waals surface area contributed by atoms with Gasteiger partial charge in [-0.3, -0.25) is 0 Å². The molecule has 0 saturated heterocycles. The van der Waals surface area contributed by atoms with Crippen molar-refractivity contribution in [3.05, 3.63) is 53.6 Å². The van der Waals surface area contributed by atoms with E-state index in [4.69, 9.17) is 11.6 Å². The first-order valence-corrected chi connectivity index (χ1v) is 8.37. The molecule has 0 aliphatic heterocycles. The molecule has 0 amide bonds. The average Bonchev–Trinajstić information content (AvgIpc) is 2.46. The number of aryl methyl sites for hydroxylation is 1. The third-order valence-corrected chi connectivity index (χ3v) is 4.71. The van der Waals surface area contributed by atoms with Gasteiger partial charge in [-0.05, 0) is 36.9 Å². The summed E-state index contributed by atoms with van der Waals surface area (Å²) in [5, 5.41) is 0.0195. The minimum absolute atomic E-state index is 0.0125. The second kappa shape index (κ2) is 6.98. The zero-order valence-electron chi connectivity index (χ0n) is 11.5. The van der Waals surface area contributed by atoms with Gasteiger partial charge in [0.15, 0.2) is 0 Å². The summed E-state index contributed by atoms with van der Waals surface area (Å²) in [4.78, 5) is 7.38. The van der Waals surface area contributed by atoms with Crippen LogP contribution >= 0.6 is 11.6 Å². The molecule has 1 unspecified atom stereocenters. The van der Waals surface area contributed by atoms with Crippen LogP contribution in [0.5, 0.6) is 0 Å². The van der Waals surface area contributed by atoms with E-state index in [9.17, 15) is 8.42 Å². The number of nitrogens with one attached hydrogen (secondary N) is 1. The standard InChI is InChI=1S/C14H16ClN3O2S/c1-11(7-8-12-5-3-2-4-6-12)18-21(19,20)13-9-16-14(15)17-10-13/h2-6,9-11,18H,7-8H2,1H3. The third kappa shape index (κ3) is 4.77. The zero-order chi connectivity index (χ0) is 15.3. The van der Waals surface area contributed by atoms with Crippen molar-refractivity contribution in [3.8, 4) is 0 Å². The van der Waals surface area contributed by atoms with Gasteiger partial charge in [0.05, 0.1) is 12.4 Å². The average molecular weight is 326 g/mol. The van der Waals surface area contributed by atoms with Gasteiger partial charge in [-0.15, -0.1) is 0 Å². The predicted octanol–water partition coefficient (Wildman–Crippen LogP) is 2.43. The summed E-state index contributed by atoms with van der Waals surface area (Å²) >= 11 is 5.55. The zero-order valence-corrected chi connectivity index (χ0v) is 13.1. The van der Waals surface area contributed by atoms with Crippen LogP contribution in [-0.4, -0.2) is 24.4 Å². The summed E-state index contributed by atoms with van der Waals surface area (Å²) in [7, 11) is -3.61. The van der Waals surface area contributed by atoms with Crippen molar-refractivity contribution >= 4 is 21.6 Å². The quantitative estimate of drug-likeness (QED) is 0.828. The van der Waals surface area contributed by atoms with Gasteiger partial charge in [-0.2, -0.15) is 0 Å². The van der Waals surface area contributed by atoms with Crippen LogP contribution in [0.15, 0.2) is 47.6 Å². The van der Waals surface area contributed by atoms with Crippen molar-refractivity contribution < 1.29 is 8.42 Å². The Balaban J connectivity index is 1.95. The maximum Gasteiger partial charge on any atom is 0.243 e. The maximum atomic E-state index is 12.1. The molecule has 0 saturated carbocycles. The van der Waals surface area contributed by atoms with Crippen LogP contribution in [0, 0.1) is 0 Å². The number of benzene rings is 1. The van der Waals surface area contributed by atoms with Crippen LogP contribution in [-0.2, 0) is 16.4 Å². The molecule has 0 bridgehead atoms. The molecular weight excluding hydrogens is 310 g/mol. The first-order chi connectivity index (χ1) is 9.97. The fourth-order valence-electron chi connectivity index (χ4n) is 1.86. The first kappa shape index (κ1) is 15.9. The molecule has 5 nitrogen and oxygen atoms in total. The lowest BCUT2D eigenvalue weighted by molar-refractivity contribution is 0.546. The highest BCUT2D eigenvalue weighted by atomic mass is 35.5. The Bertz CT molecular complexity index is 675. The van der Waals surface area contributed by atoms with Crippen molar-refractivity contribution in [1.29, 1.82) is 0 Å². The van der Waals surface area contributed by atoms with E-state index in [1.165, 1.54) is 18.0 Å². The summed E-state index contributed by atoms with van der Waals surface area (Å²) in [6.07, 6.45) is 3.91. The Morgan fingerprint density at radius 1 is 1.19 bits per heavy atom. The molecule has 1 aromatic carbocycles. The Morgan fingerprint density at radius 3 is 2.43 bits per heavy atom. The Hall–Kier alpha value is -1.50. The second-order valence-electron chi connectivity index (χ2n) is 4.73. The van der Waals surface area contributed by atoms with E-state index in [1.807, 2.05) is 37.3 Å². The van der Waals surface area contributed by atoms with Gasteiger partial charge in [0.1, 0.15) is 4.90 Å².